The van der Waals surface area contributed by atoms with E-state index >= 15 is 0 Å². The van der Waals surface area contributed by atoms with Crippen molar-refractivity contribution in [1.29, 1.82) is 0 Å². The molecule has 1 fully saturated rings. The summed E-state index contributed by atoms with van der Waals surface area (Å²) in [5.74, 6) is 0.340. The molecular formula is C17H26N2O4S. The van der Waals surface area contributed by atoms with Crippen LogP contribution < -0.4 is 4.74 Å². The normalized spacial score (nSPS) is 17.0. The van der Waals surface area contributed by atoms with Gasteiger partial charge in [0.05, 0.1) is 7.11 Å². The smallest absolute Gasteiger partial charge is 0.246 e. The fourth-order valence-electron chi connectivity index (χ4n) is 2.84. The zero-order valence-corrected chi connectivity index (χ0v) is 15.6. The summed E-state index contributed by atoms with van der Waals surface area (Å²) < 4.78 is 32.7. The predicted octanol–water partition coefficient (Wildman–Crippen LogP) is 1.88. The van der Waals surface area contributed by atoms with E-state index in [1.165, 1.54) is 11.4 Å². The van der Waals surface area contributed by atoms with Gasteiger partial charge in [-0.25, -0.2) is 8.42 Å². The second kappa shape index (κ2) is 7.53. The lowest BCUT2D eigenvalue weighted by molar-refractivity contribution is -0.134. The highest BCUT2D eigenvalue weighted by atomic mass is 32.2. The molecule has 0 atom stereocenters. The maximum atomic E-state index is 13.0. The van der Waals surface area contributed by atoms with Crippen molar-refractivity contribution in [2.75, 3.05) is 33.3 Å². The van der Waals surface area contributed by atoms with Crippen LogP contribution in [0.1, 0.15) is 25.8 Å². The van der Waals surface area contributed by atoms with E-state index < -0.39 is 10.0 Å². The van der Waals surface area contributed by atoms with Gasteiger partial charge in [-0.15, -0.1) is 0 Å². The highest BCUT2D eigenvalue weighted by molar-refractivity contribution is 7.89. The van der Waals surface area contributed by atoms with E-state index in [9.17, 15) is 13.2 Å². The standard InChI is InChI=1S/C17H26N2O4S/c1-13(2)17(20)18-8-5-9-19(11-10-18)24(21,22)16-12-14(3)6-7-15(16)23-4/h6-7,12-13H,5,8-11H2,1-4H3. The Hall–Kier alpha value is -1.60. The quantitative estimate of drug-likeness (QED) is 0.828. The van der Waals surface area contributed by atoms with Gasteiger partial charge in [0.2, 0.25) is 15.9 Å². The van der Waals surface area contributed by atoms with Crippen LogP contribution in [0.5, 0.6) is 5.75 Å². The lowest BCUT2D eigenvalue weighted by atomic mass is 10.2. The summed E-state index contributed by atoms with van der Waals surface area (Å²) in [6.45, 7) is 7.29. The Bertz CT molecular complexity index is 701. The number of sulfonamides is 1. The van der Waals surface area contributed by atoms with E-state index in [4.69, 9.17) is 4.74 Å². The third-order valence-corrected chi connectivity index (χ3v) is 6.12. The summed E-state index contributed by atoms with van der Waals surface area (Å²) in [4.78, 5) is 14.1. The van der Waals surface area contributed by atoms with Crippen LogP contribution >= 0.6 is 0 Å². The van der Waals surface area contributed by atoms with Crippen LogP contribution in [0.15, 0.2) is 23.1 Å². The molecule has 1 aromatic carbocycles. The number of amides is 1. The highest BCUT2D eigenvalue weighted by Crippen LogP contribution is 2.28. The number of carbonyl (C=O) groups is 1. The SMILES string of the molecule is COc1ccc(C)cc1S(=O)(=O)N1CCCN(C(=O)C(C)C)CC1. The first-order chi connectivity index (χ1) is 11.3. The van der Waals surface area contributed by atoms with Crippen LogP contribution in [0.2, 0.25) is 0 Å². The minimum Gasteiger partial charge on any atom is -0.495 e. The molecule has 24 heavy (non-hydrogen) atoms. The average molecular weight is 354 g/mol. The van der Waals surface area contributed by atoms with Crippen LogP contribution in [0.4, 0.5) is 0 Å². The number of ether oxygens (including phenoxy) is 1. The summed E-state index contributed by atoms with van der Waals surface area (Å²) in [7, 11) is -2.18. The Morgan fingerprint density at radius 1 is 1.17 bits per heavy atom. The average Bonchev–Trinajstić information content (AvgIpc) is 2.80. The van der Waals surface area contributed by atoms with Gasteiger partial charge in [0, 0.05) is 32.1 Å². The first-order valence-electron chi connectivity index (χ1n) is 8.21. The van der Waals surface area contributed by atoms with Crippen LogP contribution in [-0.4, -0.2) is 56.8 Å². The van der Waals surface area contributed by atoms with Gasteiger partial charge in [-0.05, 0) is 31.0 Å². The van der Waals surface area contributed by atoms with E-state index in [2.05, 4.69) is 0 Å². The summed E-state index contributed by atoms with van der Waals surface area (Å²) in [6, 6.07) is 5.13. The molecule has 6 nitrogen and oxygen atoms in total. The van der Waals surface area contributed by atoms with Crippen molar-refractivity contribution >= 4 is 15.9 Å². The van der Waals surface area contributed by atoms with Crippen molar-refractivity contribution < 1.29 is 17.9 Å². The van der Waals surface area contributed by atoms with Gasteiger partial charge in [-0.1, -0.05) is 19.9 Å². The fraction of sp³-hybridized carbons (Fsp3) is 0.588. The molecule has 0 aromatic heterocycles. The molecule has 0 unspecified atom stereocenters. The van der Waals surface area contributed by atoms with Crippen molar-refractivity contribution in [2.24, 2.45) is 5.92 Å². The molecule has 0 radical (unpaired) electrons. The summed E-state index contributed by atoms with van der Waals surface area (Å²) in [5, 5.41) is 0. The first-order valence-corrected chi connectivity index (χ1v) is 9.65. The Balaban J connectivity index is 2.25. The van der Waals surface area contributed by atoms with Crippen LogP contribution in [-0.2, 0) is 14.8 Å². The van der Waals surface area contributed by atoms with Gasteiger partial charge < -0.3 is 9.64 Å². The number of aryl methyl sites for hydroxylation is 1. The van der Waals surface area contributed by atoms with E-state index in [-0.39, 0.29) is 16.7 Å². The fourth-order valence-corrected chi connectivity index (χ4v) is 4.55. The number of methoxy groups -OCH3 is 1. The maximum Gasteiger partial charge on any atom is 0.246 e. The van der Waals surface area contributed by atoms with Gasteiger partial charge in [0.15, 0.2) is 0 Å². The number of nitrogens with zero attached hydrogens (tertiary/aromatic N) is 2. The van der Waals surface area contributed by atoms with Gasteiger partial charge >= 0.3 is 0 Å². The molecule has 1 aliphatic heterocycles. The molecule has 0 N–H and O–H groups in total. The Morgan fingerprint density at radius 2 is 1.88 bits per heavy atom. The van der Waals surface area contributed by atoms with Gasteiger partial charge in [-0.3, -0.25) is 4.79 Å². The molecule has 134 valence electrons. The maximum absolute atomic E-state index is 13.0. The summed E-state index contributed by atoms with van der Waals surface area (Å²) in [5.41, 5.74) is 0.862. The lowest BCUT2D eigenvalue weighted by Crippen LogP contribution is -2.39. The first kappa shape index (κ1) is 18.7. The van der Waals surface area contributed by atoms with Crippen molar-refractivity contribution in [2.45, 2.75) is 32.1 Å². The lowest BCUT2D eigenvalue weighted by Gasteiger charge is -2.24. The van der Waals surface area contributed by atoms with E-state index in [1.807, 2.05) is 26.8 Å². The second-order valence-corrected chi connectivity index (χ2v) is 8.30. The monoisotopic (exact) mass is 354 g/mol. The van der Waals surface area contributed by atoms with E-state index in [1.54, 1.807) is 17.0 Å². The number of hydrogen-bond donors (Lipinski definition) is 0. The van der Waals surface area contributed by atoms with Crippen molar-refractivity contribution in [3.8, 4) is 5.75 Å². The zero-order valence-electron chi connectivity index (χ0n) is 14.8. The minimum atomic E-state index is -3.65. The molecule has 0 aliphatic carbocycles. The Morgan fingerprint density at radius 3 is 2.50 bits per heavy atom. The number of benzene rings is 1. The number of carbonyl (C=O) groups excluding carboxylic acids is 1. The molecule has 1 saturated heterocycles. The third-order valence-electron chi connectivity index (χ3n) is 4.20. The van der Waals surface area contributed by atoms with Crippen LogP contribution in [0, 0.1) is 12.8 Å². The molecule has 1 amide bonds. The third kappa shape index (κ3) is 3.89. The molecule has 1 aliphatic rings. The highest BCUT2D eigenvalue weighted by Gasteiger charge is 2.30. The Kier molecular flexibility index (Phi) is 5.87. The number of rotatable bonds is 4. The van der Waals surface area contributed by atoms with E-state index in [0.29, 0.717) is 38.3 Å². The summed E-state index contributed by atoms with van der Waals surface area (Å²) >= 11 is 0. The molecule has 1 aromatic rings. The zero-order chi connectivity index (χ0) is 17.9. The number of hydrogen-bond acceptors (Lipinski definition) is 4. The van der Waals surface area contributed by atoms with Crippen LogP contribution in [0.3, 0.4) is 0 Å². The van der Waals surface area contributed by atoms with Gasteiger partial charge in [0.25, 0.3) is 0 Å². The topological polar surface area (TPSA) is 66.9 Å². The molecule has 0 spiro atoms. The van der Waals surface area contributed by atoms with Crippen molar-refractivity contribution in [1.82, 2.24) is 9.21 Å². The van der Waals surface area contributed by atoms with E-state index in [0.717, 1.165) is 5.56 Å². The molecule has 7 heteroatoms. The van der Waals surface area contributed by atoms with Crippen molar-refractivity contribution in [3.05, 3.63) is 23.8 Å². The summed E-state index contributed by atoms with van der Waals surface area (Å²) in [6.07, 6.45) is 0.631. The minimum absolute atomic E-state index is 0.0717. The van der Waals surface area contributed by atoms with Crippen molar-refractivity contribution in [3.63, 3.8) is 0 Å². The van der Waals surface area contributed by atoms with Gasteiger partial charge in [0.1, 0.15) is 10.6 Å². The molecule has 0 saturated carbocycles. The van der Waals surface area contributed by atoms with Crippen LogP contribution in [0.25, 0.3) is 0 Å². The molecule has 1 heterocycles. The largest absolute Gasteiger partial charge is 0.495 e. The Labute approximate surface area is 144 Å². The molecular weight excluding hydrogens is 328 g/mol. The molecule has 0 bridgehead atoms. The van der Waals surface area contributed by atoms with Gasteiger partial charge in [-0.2, -0.15) is 4.31 Å². The predicted molar refractivity (Wildman–Crippen MR) is 92.5 cm³/mol. The second-order valence-electron chi connectivity index (χ2n) is 6.39. The molecule has 2 rings (SSSR count).